The molecule has 0 saturated carbocycles. The maximum absolute atomic E-state index is 12.2. The monoisotopic (exact) mass is 395 g/mol. The minimum Gasteiger partial charge on any atom is -0.451 e. The Kier molecular flexibility index (Phi) is 6.14. The fourth-order valence-electron chi connectivity index (χ4n) is 2.34. The van der Waals surface area contributed by atoms with Crippen molar-refractivity contribution in [2.24, 2.45) is 0 Å². The smallest absolute Gasteiger partial charge is 0.359 e. The number of esters is 1. The molecule has 1 aromatic rings. The van der Waals surface area contributed by atoms with Gasteiger partial charge in [-0.05, 0) is 13.8 Å². The lowest BCUT2D eigenvalue weighted by Crippen LogP contribution is -2.49. The van der Waals surface area contributed by atoms with Crippen molar-refractivity contribution in [2.45, 2.75) is 26.1 Å². The number of carbonyl (C=O) groups excluding carboxylic acids is 2. The third kappa shape index (κ3) is 4.22. The number of hydrogen-bond donors (Lipinski definition) is 1. The van der Waals surface area contributed by atoms with Crippen LogP contribution in [0.4, 0.5) is 5.69 Å². The second-order valence-corrected chi connectivity index (χ2v) is 6.54. The summed E-state index contributed by atoms with van der Waals surface area (Å²) in [5.41, 5.74) is 5.27. The van der Waals surface area contributed by atoms with Gasteiger partial charge in [0.05, 0.1) is 22.9 Å². The number of carbonyl (C=O) groups is 2. The molecule has 10 heteroatoms. The summed E-state index contributed by atoms with van der Waals surface area (Å²) in [6.45, 7) is 4.14. The maximum atomic E-state index is 12.2. The maximum Gasteiger partial charge on any atom is 0.359 e. The highest BCUT2D eigenvalue weighted by molar-refractivity contribution is 6.46. The molecule has 1 aliphatic rings. The molecule has 1 aromatic heterocycles. The summed E-state index contributed by atoms with van der Waals surface area (Å²) < 4.78 is 10.5. The Morgan fingerprint density at radius 2 is 1.83 bits per heavy atom. The number of ether oxygens (including phenoxy) is 2. The van der Waals surface area contributed by atoms with Gasteiger partial charge in [-0.1, -0.05) is 34.8 Å². The van der Waals surface area contributed by atoms with Crippen LogP contribution in [-0.4, -0.2) is 53.7 Å². The molecule has 7 nitrogen and oxygen atoms in total. The van der Waals surface area contributed by atoms with E-state index in [1.165, 1.54) is 0 Å². The molecule has 2 atom stereocenters. The molecular formula is C14H16Cl3N3O4. The average molecular weight is 397 g/mol. The van der Waals surface area contributed by atoms with Crippen LogP contribution >= 0.6 is 34.8 Å². The number of halogens is 3. The van der Waals surface area contributed by atoms with E-state index in [0.29, 0.717) is 13.1 Å². The Hall–Kier alpha value is -1.28. The van der Waals surface area contributed by atoms with Crippen LogP contribution in [0.1, 0.15) is 24.3 Å². The highest BCUT2D eigenvalue weighted by Gasteiger charge is 2.27. The van der Waals surface area contributed by atoms with Crippen molar-refractivity contribution in [3.8, 4) is 0 Å². The van der Waals surface area contributed by atoms with Gasteiger partial charge in [0, 0.05) is 13.1 Å². The number of hydrogen-bond acceptors (Lipinski definition) is 6. The number of nitrogens with two attached hydrogens (primary N) is 1. The first kappa shape index (κ1) is 19.1. The van der Waals surface area contributed by atoms with Crippen molar-refractivity contribution in [3.05, 3.63) is 20.9 Å². The summed E-state index contributed by atoms with van der Waals surface area (Å²) >= 11 is 17.5. The lowest BCUT2D eigenvalue weighted by molar-refractivity contribution is -0.146. The van der Waals surface area contributed by atoms with Crippen LogP contribution in [0.2, 0.25) is 15.2 Å². The Bertz CT molecular complexity index is 661. The van der Waals surface area contributed by atoms with E-state index in [0.717, 1.165) is 0 Å². The zero-order valence-electron chi connectivity index (χ0n) is 13.0. The molecule has 132 valence electrons. The molecule has 0 aromatic carbocycles. The molecule has 0 radical (unpaired) electrons. The van der Waals surface area contributed by atoms with Crippen LogP contribution in [0.3, 0.4) is 0 Å². The molecule has 0 aliphatic carbocycles. The summed E-state index contributed by atoms with van der Waals surface area (Å²) in [5, 5.41) is -0.395. The van der Waals surface area contributed by atoms with Gasteiger partial charge in [0.15, 0.2) is 17.5 Å². The number of rotatable bonds is 3. The fraction of sp³-hybridized carbons (Fsp3) is 0.500. The second-order valence-electron chi connectivity index (χ2n) is 5.43. The third-order valence-electron chi connectivity index (χ3n) is 3.36. The van der Waals surface area contributed by atoms with Crippen LogP contribution in [0, 0.1) is 0 Å². The Morgan fingerprint density at radius 1 is 1.25 bits per heavy atom. The molecule has 1 aliphatic heterocycles. The predicted molar refractivity (Wildman–Crippen MR) is 90.6 cm³/mol. The van der Waals surface area contributed by atoms with Crippen molar-refractivity contribution < 1.29 is 19.1 Å². The molecular weight excluding hydrogens is 381 g/mol. The number of pyridine rings is 1. The van der Waals surface area contributed by atoms with E-state index < -0.39 is 12.6 Å². The number of aromatic nitrogens is 1. The molecule has 2 N–H and O–H groups in total. The SMILES string of the molecule is C[C@@H]1CN(C(=O)COC(=O)c2nc(Cl)c(Cl)c(N)c2Cl)C[C@@H](C)O1. The number of nitrogens with zero attached hydrogens (tertiary/aromatic N) is 2. The van der Waals surface area contributed by atoms with Crippen molar-refractivity contribution in [2.75, 3.05) is 25.4 Å². The number of nitrogen functional groups attached to an aromatic ring is 1. The number of morpholine rings is 1. The number of amides is 1. The minimum absolute atomic E-state index is 0.0504. The molecule has 24 heavy (non-hydrogen) atoms. The largest absolute Gasteiger partial charge is 0.451 e. The first-order chi connectivity index (χ1) is 11.2. The Balaban J connectivity index is 2.02. The zero-order valence-corrected chi connectivity index (χ0v) is 15.3. The molecule has 1 fully saturated rings. The molecule has 0 bridgehead atoms. The van der Waals surface area contributed by atoms with E-state index in [1.54, 1.807) is 4.90 Å². The first-order valence-electron chi connectivity index (χ1n) is 7.11. The van der Waals surface area contributed by atoms with Crippen LogP contribution in [0.5, 0.6) is 0 Å². The van der Waals surface area contributed by atoms with Crippen molar-refractivity contribution in [1.29, 1.82) is 0 Å². The van der Waals surface area contributed by atoms with Crippen molar-refractivity contribution >= 4 is 52.4 Å². The highest BCUT2D eigenvalue weighted by atomic mass is 35.5. The van der Waals surface area contributed by atoms with E-state index in [4.69, 9.17) is 50.0 Å². The summed E-state index contributed by atoms with van der Waals surface area (Å²) in [7, 11) is 0. The van der Waals surface area contributed by atoms with Gasteiger partial charge in [-0.15, -0.1) is 0 Å². The zero-order chi connectivity index (χ0) is 18.0. The molecule has 0 unspecified atom stereocenters. The second kappa shape index (κ2) is 7.74. The van der Waals surface area contributed by atoms with Crippen LogP contribution < -0.4 is 5.73 Å². The molecule has 1 saturated heterocycles. The van der Waals surface area contributed by atoms with Crippen molar-refractivity contribution in [1.82, 2.24) is 9.88 Å². The fourth-order valence-corrected chi connectivity index (χ4v) is 2.92. The van der Waals surface area contributed by atoms with Crippen LogP contribution in [0.25, 0.3) is 0 Å². The summed E-state index contributed by atoms with van der Waals surface area (Å²) in [4.78, 5) is 29.6. The van der Waals surface area contributed by atoms with E-state index in [1.807, 2.05) is 13.8 Å². The minimum atomic E-state index is -0.909. The van der Waals surface area contributed by atoms with Gasteiger partial charge in [0.25, 0.3) is 5.91 Å². The van der Waals surface area contributed by atoms with Gasteiger partial charge in [-0.3, -0.25) is 4.79 Å². The third-order valence-corrected chi connectivity index (χ3v) is 4.50. The normalized spacial score (nSPS) is 20.8. The summed E-state index contributed by atoms with van der Waals surface area (Å²) in [6.07, 6.45) is -0.168. The lowest BCUT2D eigenvalue weighted by atomic mass is 10.2. The summed E-state index contributed by atoms with van der Waals surface area (Å²) in [5.74, 6) is -1.25. The van der Waals surface area contributed by atoms with E-state index in [9.17, 15) is 9.59 Å². The van der Waals surface area contributed by atoms with E-state index >= 15 is 0 Å². The van der Waals surface area contributed by atoms with E-state index in [-0.39, 0.29) is 44.7 Å². The average Bonchev–Trinajstić information content (AvgIpc) is 2.52. The standard InChI is InChI=1S/C14H16Cl3N3O4/c1-6-3-20(4-7(2)24-6)8(21)5-23-14(22)12-9(15)11(18)10(16)13(17)19-12/h6-7H,3-5H2,1-2H3,(H2,18,19)/t6-,7-/m1/s1. The van der Waals surface area contributed by atoms with Crippen molar-refractivity contribution in [3.63, 3.8) is 0 Å². The first-order valence-corrected chi connectivity index (χ1v) is 8.24. The lowest BCUT2D eigenvalue weighted by Gasteiger charge is -2.35. The van der Waals surface area contributed by atoms with Gasteiger partial charge >= 0.3 is 5.97 Å². The molecule has 1 amide bonds. The predicted octanol–water partition coefficient (Wildman–Crippen LogP) is 2.42. The molecule has 2 rings (SSSR count). The number of anilines is 1. The van der Waals surface area contributed by atoms with Crippen LogP contribution in [-0.2, 0) is 14.3 Å². The summed E-state index contributed by atoms with van der Waals surface area (Å²) in [6, 6.07) is 0. The highest BCUT2D eigenvalue weighted by Crippen LogP contribution is 2.34. The van der Waals surface area contributed by atoms with Crippen LogP contribution in [0.15, 0.2) is 0 Å². The van der Waals surface area contributed by atoms with Gasteiger partial charge in [0.1, 0.15) is 5.02 Å². The Labute approximate surface area is 153 Å². The Morgan fingerprint density at radius 3 is 2.42 bits per heavy atom. The quantitative estimate of drug-likeness (QED) is 0.623. The van der Waals surface area contributed by atoms with Gasteiger partial charge in [-0.2, -0.15) is 0 Å². The molecule has 0 spiro atoms. The molecule has 2 heterocycles. The van der Waals surface area contributed by atoms with Gasteiger partial charge < -0.3 is 20.1 Å². The van der Waals surface area contributed by atoms with Gasteiger partial charge in [0.2, 0.25) is 0 Å². The van der Waals surface area contributed by atoms with Gasteiger partial charge in [-0.25, -0.2) is 9.78 Å². The topological polar surface area (TPSA) is 94.8 Å². The van der Waals surface area contributed by atoms with E-state index in [2.05, 4.69) is 4.98 Å².